The largest absolute Gasteiger partial charge is 0.478 e. The van der Waals surface area contributed by atoms with Crippen LogP contribution in [0.1, 0.15) is 145 Å². The summed E-state index contributed by atoms with van der Waals surface area (Å²) in [4.78, 5) is 125. The summed E-state index contributed by atoms with van der Waals surface area (Å²) in [6.07, 6.45) is 12.9. The molecule has 2 aliphatic carbocycles. The number of carboxylic acids is 1. The summed E-state index contributed by atoms with van der Waals surface area (Å²) >= 11 is 0. The summed E-state index contributed by atoms with van der Waals surface area (Å²) in [6, 6.07) is -2.27. The minimum Gasteiger partial charge on any atom is -0.478 e. The zero-order chi connectivity index (χ0) is 44.9. The second-order valence-corrected chi connectivity index (χ2v) is 17.8. The van der Waals surface area contributed by atoms with Crippen LogP contribution in [0.2, 0.25) is 0 Å². The van der Waals surface area contributed by atoms with Gasteiger partial charge in [-0.05, 0) is 68.8 Å². The average molecular weight is 850 g/mol. The summed E-state index contributed by atoms with van der Waals surface area (Å²) in [5.74, 6) is -7.93. The SMILES string of the molecule is CCOC(=O)/C=C/CC[C@H](CC(=O)c1ccncc1C(=O)O)C(=O)N[C@H](C(=O)N1CC(=O)C[C@H]1C(=O)N[C@H](C(=O)C[C@H](C(N)=O)C1CCCCC1)C1CCCCC1)C(C)(C)C. The molecule has 0 unspecified atom stereocenters. The quantitative estimate of drug-likeness (QED) is 0.0816. The zero-order valence-electron chi connectivity index (χ0n) is 36.0. The van der Waals surface area contributed by atoms with Crippen molar-refractivity contribution in [2.75, 3.05) is 13.2 Å². The topological polar surface area (TPSA) is 249 Å². The Morgan fingerprint density at radius 2 is 1.57 bits per heavy atom. The smallest absolute Gasteiger partial charge is 0.338 e. The first-order valence-corrected chi connectivity index (χ1v) is 21.7. The molecule has 0 spiro atoms. The number of allylic oxidation sites excluding steroid dienone is 1. The van der Waals surface area contributed by atoms with Gasteiger partial charge in [0.1, 0.15) is 12.1 Å². The van der Waals surface area contributed by atoms with Gasteiger partial charge < -0.3 is 31.1 Å². The van der Waals surface area contributed by atoms with E-state index in [1.165, 1.54) is 24.4 Å². The van der Waals surface area contributed by atoms with Crippen LogP contribution < -0.4 is 16.4 Å². The van der Waals surface area contributed by atoms with E-state index in [0.717, 1.165) is 62.5 Å². The van der Waals surface area contributed by atoms with Crippen LogP contribution in [-0.2, 0) is 38.3 Å². The van der Waals surface area contributed by atoms with Gasteiger partial charge in [-0.25, -0.2) is 9.59 Å². The van der Waals surface area contributed by atoms with Gasteiger partial charge in [-0.3, -0.25) is 38.5 Å². The van der Waals surface area contributed by atoms with Gasteiger partial charge in [-0.15, -0.1) is 0 Å². The number of ether oxygens (including phenoxy) is 1. The number of carbonyl (C=O) groups excluding carboxylic acids is 8. The van der Waals surface area contributed by atoms with E-state index in [1.807, 2.05) is 0 Å². The fraction of sp³-hybridized carbons (Fsp3) is 0.644. The van der Waals surface area contributed by atoms with Crippen molar-refractivity contribution in [1.29, 1.82) is 0 Å². The Bertz CT molecular complexity index is 1830. The summed E-state index contributed by atoms with van der Waals surface area (Å²) < 4.78 is 4.91. The summed E-state index contributed by atoms with van der Waals surface area (Å²) in [6.45, 7) is 6.48. The number of ketones is 3. The minimum absolute atomic E-state index is 0.0142. The van der Waals surface area contributed by atoms with E-state index < -0.39 is 89.7 Å². The Morgan fingerprint density at radius 3 is 2.16 bits per heavy atom. The molecule has 0 bridgehead atoms. The van der Waals surface area contributed by atoms with Gasteiger partial charge in [-0.2, -0.15) is 0 Å². The Kier molecular flexibility index (Phi) is 17.9. The molecular weight excluding hydrogens is 787 g/mol. The molecule has 1 aromatic heterocycles. The molecule has 3 fully saturated rings. The molecule has 4 rings (SSSR count). The second-order valence-electron chi connectivity index (χ2n) is 17.8. The van der Waals surface area contributed by atoms with Crippen molar-refractivity contribution in [3.05, 3.63) is 41.7 Å². The predicted octanol–water partition coefficient (Wildman–Crippen LogP) is 4.28. The van der Waals surface area contributed by atoms with Crippen molar-refractivity contribution in [2.24, 2.45) is 34.8 Å². The van der Waals surface area contributed by atoms with Gasteiger partial charge in [0.15, 0.2) is 17.3 Å². The number of carboxylic acid groups (broad SMARTS) is 1. The summed E-state index contributed by atoms with van der Waals surface area (Å²) in [5.41, 5.74) is 4.37. The van der Waals surface area contributed by atoms with Crippen LogP contribution in [0.3, 0.4) is 0 Å². The van der Waals surface area contributed by atoms with E-state index in [1.54, 1.807) is 27.7 Å². The highest BCUT2D eigenvalue weighted by Crippen LogP contribution is 2.34. The normalized spacial score (nSPS) is 19.7. The minimum atomic E-state index is -1.38. The maximum absolute atomic E-state index is 14.5. The third-order valence-electron chi connectivity index (χ3n) is 12.3. The Balaban J connectivity index is 1.57. The maximum Gasteiger partial charge on any atom is 0.338 e. The van der Waals surface area contributed by atoms with Gasteiger partial charge in [-0.1, -0.05) is 65.4 Å². The lowest BCUT2D eigenvalue weighted by Crippen LogP contribution is -2.59. The van der Waals surface area contributed by atoms with Crippen LogP contribution in [0.15, 0.2) is 30.6 Å². The van der Waals surface area contributed by atoms with Crippen LogP contribution >= 0.6 is 0 Å². The number of aromatic nitrogens is 1. The number of Topliss-reactive ketones (excluding diaryl/α,β-unsaturated/α-hetero) is 3. The van der Waals surface area contributed by atoms with E-state index in [9.17, 15) is 48.3 Å². The number of hydrogen-bond donors (Lipinski definition) is 4. The fourth-order valence-corrected chi connectivity index (χ4v) is 8.92. The molecule has 3 aliphatic rings. The molecule has 2 saturated carbocycles. The lowest BCUT2D eigenvalue weighted by Gasteiger charge is -2.37. The van der Waals surface area contributed by atoms with E-state index in [-0.39, 0.29) is 66.8 Å². The molecule has 1 saturated heterocycles. The fourth-order valence-electron chi connectivity index (χ4n) is 8.92. The lowest BCUT2D eigenvalue weighted by molar-refractivity contribution is -0.145. The molecule has 4 amide bonds. The van der Waals surface area contributed by atoms with Crippen LogP contribution in [0, 0.1) is 29.1 Å². The first kappa shape index (κ1) is 48.4. The highest BCUT2D eigenvalue weighted by Gasteiger charge is 2.46. The molecule has 1 aliphatic heterocycles. The molecule has 1 aromatic rings. The number of nitrogens with two attached hydrogens (primary N) is 1. The van der Waals surface area contributed by atoms with Gasteiger partial charge in [0.05, 0.1) is 24.8 Å². The van der Waals surface area contributed by atoms with E-state index in [0.29, 0.717) is 12.8 Å². The molecular formula is C45H63N5O11. The van der Waals surface area contributed by atoms with Crippen molar-refractivity contribution >= 4 is 52.9 Å². The number of aromatic carboxylic acids is 1. The third-order valence-corrected chi connectivity index (χ3v) is 12.3. The molecule has 5 N–H and O–H groups in total. The molecule has 2 heterocycles. The number of carbonyl (C=O) groups is 9. The first-order chi connectivity index (χ1) is 28.9. The molecule has 5 atom stereocenters. The van der Waals surface area contributed by atoms with Crippen molar-refractivity contribution in [3.8, 4) is 0 Å². The van der Waals surface area contributed by atoms with Crippen LogP contribution in [0.4, 0.5) is 0 Å². The third kappa shape index (κ3) is 13.6. The molecule has 0 radical (unpaired) electrons. The van der Waals surface area contributed by atoms with Gasteiger partial charge in [0.25, 0.3) is 0 Å². The van der Waals surface area contributed by atoms with Gasteiger partial charge in [0, 0.05) is 55.1 Å². The Hall–Kier alpha value is -5.28. The van der Waals surface area contributed by atoms with Crippen molar-refractivity contribution in [3.63, 3.8) is 0 Å². The summed E-state index contributed by atoms with van der Waals surface area (Å²) in [5, 5.41) is 15.4. The number of amides is 4. The van der Waals surface area contributed by atoms with E-state index in [2.05, 4.69) is 15.6 Å². The summed E-state index contributed by atoms with van der Waals surface area (Å²) in [7, 11) is 0. The number of nitrogens with zero attached hydrogens (tertiary/aromatic N) is 2. The molecule has 16 nitrogen and oxygen atoms in total. The number of pyridine rings is 1. The molecule has 61 heavy (non-hydrogen) atoms. The van der Waals surface area contributed by atoms with Gasteiger partial charge in [0.2, 0.25) is 23.6 Å². The van der Waals surface area contributed by atoms with Crippen molar-refractivity contribution in [2.45, 2.75) is 142 Å². The van der Waals surface area contributed by atoms with Crippen LogP contribution in [-0.4, -0.2) is 99.2 Å². The standard InChI is InChI=1S/C45H63N5O11/c1-5-61-37(54)19-13-12-18-29(22-35(52)31-20-21-47-25-33(31)44(59)60)41(56)49-39(45(2,3)4)43(58)50-26-30(51)23-34(50)42(57)48-38(28-16-10-7-11-17-28)36(53)24-32(40(46)55)27-14-8-6-9-15-27/h13,19-21,25,27-29,32,34,38-39H,5-12,14-18,22-24,26H2,1-4H3,(H2,46,55)(H,48,57)(H,49,56)(H,59,60)/b19-13+/t29-,32+,34+,38+,39-/m1/s1. The van der Waals surface area contributed by atoms with Gasteiger partial charge >= 0.3 is 11.9 Å². The highest BCUT2D eigenvalue weighted by molar-refractivity contribution is 6.07. The predicted molar refractivity (Wildman–Crippen MR) is 223 cm³/mol. The van der Waals surface area contributed by atoms with E-state index in [4.69, 9.17) is 10.5 Å². The zero-order valence-corrected chi connectivity index (χ0v) is 36.0. The van der Waals surface area contributed by atoms with Crippen molar-refractivity contribution < 1.29 is 53.0 Å². The highest BCUT2D eigenvalue weighted by atomic mass is 16.5. The Morgan fingerprint density at radius 1 is 0.934 bits per heavy atom. The number of nitrogens with one attached hydrogen (secondary N) is 2. The number of primary amides is 1. The Labute approximate surface area is 357 Å². The van der Waals surface area contributed by atoms with E-state index >= 15 is 0 Å². The van der Waals surface area contributed by atoms with Crippen molar-refractivity contribution in [1.82, 2.24) is 20.5 Å². The van der Waals surface area contributed by atoms with Crippen LogP contribution in [0.25, 0.3) is 0 Å². The molecule has 0 aromatic carbocycles. The number of esters is 1. The first-order valence-electron chi connectivity index (χ1n) is 21.7. The molecule has 16 heteroatoms. The molecule has 334 valence electrons. The maximum atomic E-state index is 14.5. The number of rotatable bonds is 20. The second kappa shape index (κ2) is 22.5. The number of likely N-dealkylation sites (tertiary alicyclic amines) is 1. The average Bonchev–Trinajstić information content (AvgIpc) is 3.63. The monoisotopic (exact) mass is 849 g/mol. The lowest BCUT2D eigenvalue weighted by atomic mass is 9.75. The number of hydrogen-bond acceptors (Lipinski definition) is 11. The van der Waals surface area contributed by atoms with Crippen LogP contribution in [0.5, 0.6) is 0 Å².